The molecule has 0 aliphatic rings. The van der Waals surface area contributed by atoms with Crippen LogP contribution in [0.5, 0.6) is 5.75 Å². The van der Waals surface area contributed by atoms with Gasteiger partial charge in [0.05, 0.1) is 12.2 Å². The monoisotopic (exact) mass is 278 g/mol. The first-order valence-corrected chi connectivity index (χ1v) is 5.93. The maximum Gasteiger partial charge on any atom is 0.346 e. The molecule has 106 valence electrons. The topological polar surface area (TPSA) is 89.9 Å². The number of phenols is 1. The number of hydrogen-bond acceptors (Lipinski definition) is 6. The van der Waals surface area contributed by atoms with Crippen molar-refractivity contribution in [2.75, 3.05) is 6.61 Å². The normalized spacial score (nSPS) is 10.2. The van der Waals surface area contributed by atoms with Crippen LogP contribution in [-0.4, -0.2) is 29.6 Å². The summed E-state index contributed by atoms with van der Waals surface area (Å²) < 4.78 is 9.18. The fourth-order valence-electron chi connectivity index (χ4n) is 1.17. The van der Waals surface area contributed by atoms with Crippen molar-refractivity contribution < 1.29 is 29.0 Å². The molecule has 1 rings (SSSR count). The van der Waals surface area contributed by atoms with Crippen LogP contribution in [0.25, 0.3) is 0 Å². The molecule has 0 aromatic heterocycles. The summed E-state index contributed by atoms with van der Waals surface area (Å²) in [5.74, 6) is -2.54. The van der Waals surface area contributed by atoms with Gasteiger partial charge in [-0.3, -0.25) is 0 Å². The van der Waals surface area contributed by atoms with E-state index in [4.69, 9.17) is 9.84 Å². The third-order valence-electron chi connectivity index (χ3n) is 2.10. The van der Waals surface area contributed by atoms with Crippen molar-refractivity contribution in [1.29, 1.82) is 0 Å². The van der Waals surface area contributed by atoms with Gasteiger partial charge in [0.15, 0.2) is 0 Å². The highest BCUT2D eigenvalue weighted by Crippen LogP contribution is 2.10. The average Bonchev–Trinajstić information content (AvgIpc) is 2.43. The number of carbonyl (C=O) groups excluding carboxylic acids is 3. The highest BCUT2D eigenvalue weighted by Gasteiger charge is 2.11. The third-order valence-corrected chi connectivity index (χ3v) is 2.10. The number of hydrogen-bond donors (Lipinski definition) is 1. The van der Waals surface area contributed by atoms with E-state index in [-0.39, 0.29) is 17.9 Å². The number of benzene rings is 1. The Bertz CT molecular complexity index is 515. The summed E-state index contributed by atoms with van der Waals surface area (Å²) in [6, 6.07) is 5.20. The Morgan fingerprint density at radius 1 is 1.10 bits per heavy atom. The summed E-state index contributed by atoms with van der Waals surface area (Å²) >= 11 is 0. The number of esters is 3. The van der Waals surface area contributed by atoms with Crippen molar-refractivity contribution in [3.63, 3.8) is 0 Å². The molecule has 1 aromatic rings. The molecular formula is C14H14O6. The molecule has 0 radical (unpaired) electrons. The second-order valence-corrected chi connectivity index (χ2v) is 3.76. The summed E-state index contributed by atoms with van der Waals surface area (Å²) in [5, 5.41) is 9.05. The Kier molecular flexibility index (Phi) is 5.96. The van der Waals surface area contributed by atoms with E-state index < -0.39 is 17.9 Å². The summed E-state index contributed by atoms with van der Waals surface area (Å²) in [6.45, 7) is 2.09. The predicted octanol–water partition coefficient (Wildman–Crippen LogP) is 1.58. The zero-order valence-electron chi connectivity index (χ0n) is 10.9. The van der Waals surface area contributed by atoms with Gasteiger partial charge < -0.3 is 14.6 Å². The smallest absolute Gasteiger partial charge is 0.346 e. The van der Waals surface area contributed by atoms with Gasteiger partial charge in [-0.1, -0.05) is 6.92 Å². The SMILES string of the molecule is CCCOC(=O)/C=C/C(=O)OC(=O)c1ccc(O)cc1. The molecule has 0 aliphatic heterocycles. The molecule has 6 nitrogen and oxygen atoms in total. The van der Waals surface area contributed by atoms with Crippen LogP contribution >= 0.6 is 0 Å². The first-order chi connectivity index (χ1) is 9.52. The van der Waals surface area contributed by atoms with Gasteiger partial charge in [0.2, 0.25) is 0 Å². The molecule has 0 saturated heterocycles. The van der Waals surface area contributed by atoms with Crippen molar-refractivity contribution >= 4 is 17.9 Å². The molecule has 0 spiro atoms. The largest absolute Gasteiger partial charge is 0.508 e. The molecule has 0 bridgehead atoms. The van der Waals surface area contributed by atoms with E-state index in [1.807, 2.05) is 6.92 Å². The van der Waals surface area contributed by atoms with E-state index in [2.05, 4.69) is 4.74 Å². The molecular weight excluding hydrogens is 264 g/mol. The predicted molar refractivity (Wildman–Crippen MR) is 68.9 cm³/mol. The number of phenolic OH excluding ortho intramolecular Hbond substituents is 1. The maximum atomic E-state index is 11.5. The molecule has 0 saturated carbocycles. The van der Waals surface area contributed by atoms with Gasteiger partial charge in [0.1, 0.15) is 5.75 Å². The number of ether oxygens (including phenoxy) is 2. The molecule has 0 aliphatic carbocycles. The van der Waals surface area contributed by atoms with Gasteiger partial charge in [-0.2, -0.15) is 0 Å². The lowest BCUT2D eigenvalue weighted by atomic mass is 10.2. The van der Waals surface area contributed by atoms with Gasteiger partial charge in [0, 0.05) is 12.2 Å². The lowest BCUT2D eigenvalue weighted by Gasteiger charge is -2.00. The van der Waals surface area contributed by atoms with E-state index in [0.29, 0.717) is 6.42 Å². The lowest BCUT2D eigenvalue weighted by Crippen LogP contribution is -2.11. The van der Waals surface area contributed by atoms with E-state index in [0.717, 1.165) is 12.2 Å². The van der Waals surface area contributed by atoms with E-state index in [1.54, 1.807) is 0 Å². The van der Waals surface area contributed by atoms with Crippen LogP contribution < -0.4 is 0 Å². The summed E-state index contributed by atoms with van der Waals surface area (Å²) in [7, 11) is 0. The van der Waals surface area contributed by atoms with Crippen LogP contribution in [0.2, 0.25) is 0 Å². The molecule has 0 amide bonds. The van der Waals surface area contributed by atoms with Gasteiger partial charge in [-0.05, 0) is 30.7 Å². The van der Waals surface area contributed by atoms with E-state index in [9.17, 15) is 14.4 Å². The van der Waals surface area contributed by atoms with Gasteiger partial charge >= 0.3 is 17.9 Å². The lowest BCUT2D eigenvalue weighted by molar-refractivity contribution is -0.138. The molecule has 1 aromatic carbocycles. The number of carbonyl (C=O) groups is 3. The van der Waals surface area contributed by atoms with Crippen LogP contribution in [0.15, 0.2) is 36.4 Å². The Hall–Kier alpha value is -2.63. The molecule has 1 N–H and O–H groups in total. The molecule has 6 heteroatoms. The average molecular weight is 278 g/mol. The van der Waals surface area contributed by atoms with Gasteiger partial charge in [0.25, 0.3) is 0 Å². The van der Waals surface area contributed by atoms with Gasteiger partial charge in [-0.15, -0.1) is 0 Å². The molecule has 0 atom stereocenters. The standard InChI is InChI=1S/C14H14O6/c1-2-9-19-12(16)7-8-13(17)20-14(18)10-3-5-11(15)6-4-10/h3-8,15H,2,9H2,1H3/b8-7+. The second-order valence-electron chi connectivity index (χ2n) is 3.76. The first-order valence-electron chi connectivity index (χ1n) is 5.93. The Morgan fingerprint density at radius 2 is 1.70 bits per heavy atom. The van der Waals surface area contributed by atoms with Crippen LogP contribution in [-0.2, 0) is 19.1 Å². The number of rotatable bonds is 5. The Balaban J connectivity index is 2.49. The summed E-state index contributed by atoms with van der Waals surface area (Å²) in [5.41, 5.74) is 0.109. The minimum atomic E-state index is -0.975. The van der Waals surface area contributed by atoms with Crippen LogP contribution in [0.4, 0.5) is 0 Å². The van der Waals surface area contributed by atoms with Crippen molar-refractivity contribution in [2.24, 2.45) is 0 Å². The second kappa shape index (κ2) is 7.73. The molecule has 20 heavy (non-hydrogen) atoms. The molecule has 0 heterocycles. The maximum absolute atomic E-state index is 11.5. The van der Waals surface area contributed by atoms with Crippen molar-refractivity contribution in [1.82, 2.24) is 0 Å². The van der Waals surface area contributed by atoms with Crippen LogP contribution in [0, 0.1) is 0 Å². The third kappa shape index (κ3) is 5.34. The highest BCUT2D eigenvalue weighted by atomic mass is 16.6. The zero-order valence-corrected chi connectivity index (χ0v) is 10.9. The number of aromatic hydroxyl groups is 1. The minimum Gasteiger partial charge on any atom is -0.508 e. The first kappa shape index (κ1) is 15.4. The zero-order chi connectivity index (χ0) is 15.0. The van der Waals surface area contributed by atoms with E-state index >= 15 is 0 Å². The highest BCUT2D eigenvalue weighted by molar-refractivity contribution is 6.01. The minimum absolute atomic E-state index is 0.00792. The summed E-state index contributed by atoms with van der Waals surface area (Å²) in [4.78, 5) is 33.9. The van der Waals surface area contributed by atoms with Crippen LogP contribution in [0.1, 0.15) is 23.7 Å². The van der Waals surface area contributed by atoms with Crippen molar-refractivity contribution in [3.8, 4) is 5.75 Å². The Morgan fingerprint density at radius 3 is 2.30 bits per heavy atom. The van der Waals surface area contributed by atoms with Crippen molar-refractivity contribution in [2.45, 2.75) is 13.3 Å². The van der Waals surface area contributed by atoms with Gasteiger partial charge in [-0.25, -0.2) is 14.4 Å². The summed E-state index contributed by atoms with van der Waals surface area (Å²) in [6.07, 6.45) is 2.38. The fourth-order valence-corrected chi connectivity index (χ4v) is 1.17. The fraction of sp³-hybridized carbons (Fsp3) is 0.214. The Labute approximate surface area is 115 Å². The molecule has 0 unspecified atom stereocenters. The quantitative estimate of drug-likeness (QED) is 0.499. The van der Waals surface area contributed by atoms with E-state index in [1.165, 1.54) is 24.3 Å². The van der Waals surface area contributed by atoms with Crippen molar-refractivity contribution in [3.05, 3.63) is 42.0 Å². The molecule has 0 fully saturated rings. The van der Waals surface area contributed by atoms with Crippen LogP contribution in [0.3, 0.4) is 0 Å².